The van der Waals surface area contributed by atoms with Gasteiger partial charge in [-0.05, 0) is 48.9 Å². The van der Waals surface area contributed by atoms with E-state index in [4.69, 9.17) is 28.7 Å². The average Bonchev–Trinajstić information content (AvgIpc) is 3.57. The molecule has 2 aromatic heterocycles. The lowest BCUT2D eigenvalue weighted by atomic mass is 9.87. The van der Waals surface area contributed by atoms with E-state index in [9.17, 15) is 0 Å². The summed E-state index contributed by atoms with van der Waals surface area (Å²) >= 11 is 1.69. The number of hydrogen-bond acceptors (Lipinski definition) is 9. The smallest absolute Gasteiger partial charge is 0.299 e. The molecule has 4 unspecified atom stereocenters. The van der Waals surface area contributed by atoms with E-state index in [1.165, 1.54) is 22.3 Å². The van der Waals surface area contributed by atoms with Gasteiger partial charge in [-0.25, -0.2) is 4.98 Å². The van der Waals surface area contributed by atoms with Crippen molar-refractivity contribution in [1.29, 1.82) is 0 Å². The summed E-state index contributed by atoms with van der Waals surface area (Å²) in [7, 11) is 1.59. The standard InChI is InChI=1S/C32H38N4O5S/c1-19-13-14-21(31(2,3)4)15-23(19)42-29-26-25(40-32(5,6)41-26)22(39-29)17-38-30-35-27-24(28(37-7)34-18-33-27)36(30)16-20-11-9-8-10-12-20/h8-15,18,22,25-26,29H,16-17H2,1-7H3. The number of nitrogens with zero attached hydrogens (tertiary/aromatic N) is 4. The van der Waals surface area contributed by atoms with Gasteiger partial charge in [-0.15, -0.1) is 0 Å². The van der Waals surface area contributed by atoms with Gasteiger partial charge in [0, 0.05) is 4.90 Å². The molecule has 0 bridgehead atoms. The van der Waals surface area contributed by atoms with Crippen molar-refractivity contribution >= 4 is 22.9 Å². The zero-order chi connectivity index (χ0) is 29.6. The normalized spacial score (nSPS) is 23.3. The fourth-order valence-corrected chi connectivity index (χ4v) is 6.68. The van der Waals surface area contributed by atoms with Gasteiger partial charge in [-0.2, -0.15) is 9.97 Å². The van der Waals surface area contributed by atoms with Crippen LogP contribution in [0.1, 0.15) is 51.3 Å². The Morgan fingerprint density at radius 3 is 2.52 bits per heavy atom. The number of thioether (sulfide) groups is 1. The Labute approximate surface area is 250 Å². The van der Waals surface area contributed by atoms with E-state index in [1.807, 2.05) is 36.6 Å². The molecular weight excluding hydrogens is 552 g/mol. The van der Waals surface area contributed by atoms with Crippen LogP contribution in [0.4, 0.5) is 0 Å². The van der Waals surface area contributed by atoms with E-state index in [0.29, 0.717) is 29.6 Å². The zero-order valence-electron chi connectivity index (χ0n) is 25.2. The van der Waals surface area contributed by atoms with Gasteiger partial charge in [0.05, 0.1) is 13.7 Å². The largest absolute Gasteiger partial charge is 0.479 e. The second-order valence-electron chi connectivity index (χ2n) is 12.3. The molecule has 10 heteroatoms. The van der Waals surface area contributed by atoms with Gasteiger partial charge >= 0.3 is 0 Å². The summed E-state index contributed by atoms with van der Waals surface area (Å²) in [6, 6.07) is 17.2. The predicted molar refractivity (Wildman–Crippen MR) is 161 cm³/mol. The van der Waals surface area contributed by atoms with Crippen molar-refractivity contribution in [2.75, 3.05) is 13.7 Å². The average molecular weight is 591 g/mol. The van der Waals surface area contributed by atoms with E-state index < -0.39 is 5.79 Å². The highest BCUT2D eigenvalue weighted by Crippen LogP contribution is 2.45. The van der Waals surface area contributed by atoms with Gasteiger partial charge in [-0.1, -0.05) is 75.0 Å². The van der Waals surface area contributed by atoms with Crippen LogP contribution in [-0.4, -0.2) is 62.8 Å². The molecule has 222 valence electrons. The first-order valence-electron chi connectivity index (χ1n) is 14.2. The van der Waals surface area contributed by atoms with Crippen molar-refractivity contribution in [3.8, 4) is 11.9 Å². The molecule has 2 saturated heterocycles. The summed E-state index contributed by atoms with van der Waals surface area (Å²) in [6.45, 7) is 13.4. The van der Waals surface area contributed by atoms with E-state index in [1.54, 1.807) is 18.9 Å². The lowest BCUT2D eigenvalue weighted by molar-refractivity contribution is -0.180. The van der Waals surface area contributed by atoms with Crippen molar-refractivity contribution < 1.29 is 23.7 Å². The van der Waals surface area contributed by atoms with Crippen molar-refractivity contribution in [3.05, 3.63) is 71.5 Å². The van der Waals surface area contributed by atoms with E-state index in [-0.39, 0.29) is 35.8 Å². The fourth-order valence-electron chi connectivity index (χ4n) is 5.44. The third-order valence-electron chi connectivity index (χ3n) is 7.63. The Balaban J connectivity index is 1.27. The molecule has 0 saturated carbocycles. The Hall–Kier alpha value is -3.18. The number of aryl methyl sites for hydroxylation is 1. The van der Waals surface area contributed by atoms with Crippen LogP contribution in [0.25, 0.3) is 11.2 Å². The first-order chi connectivity index (χ1) is 20.0. The van der Waals surface area contributed by atoms with Gasteiger partial charge < -0.3 is 23.7 Å². The maximum Gasteiger partial charge on any atom is 0.299 e. The third kappa shape index (κ3) is 5.73. The zero-order valence-corrected chi connectivity index (χ0v) is 26.0. The molecular formula is C32H38N4O5S. The Kier molecular flexibility index (Phi) is 7.67. The van der Waals surface area contributed by atoms with Gasteiger partial charge in [0.25, 0.3) is 6.01 Å². The van der Waals surface area contributed by atoms with Crippen LogP contribution in [0.3, 0.4) is 0 Å². The summed E-state index contributed by atoms with van der Waals surface area (Å²) in [5.41, 5.74) is 4.54. The van der Waals surface area contributed by atoms with Crippen LogP contribution in [-0.2, 0) is 26.2 Å². The van der Waals surface area contributed by atoms with Crippen LogP contribution in [0.15, 0.2) is 59.8 Å². The number of aromatic nitrogens is 4. The summed E-state index contributed by atoms with van der Waals surface area (Å²) < 4.78 is 33.2. The second kappa shape index (κ2) is 11.1. The summed E-state index contributed by atoms with van der Waals surface area (Å²) in [5.74, 6) is -0.281. The van der Waals surface area contributed by atoms with E-state index in [2.05, 4.69) is 68.0 Å². The second-order valence-corrected chi connectivity index (χ2v) is 13.4. The molecule has 0 spiro atoms. The molecule has 2 aliphatic rings. The minimum Gasteiger partial charge on any atom is -0.479 e. The van der Waals surface area contributed by atoms with Crippen LogP contribution in [0.5, 0.6) is 11.9 Å². The quantitative estimate of drug-likeness (QED) is 0.249. The van der Waals surface area contributed by atoms with Gasteiger partial charge in [0.2, 0.25) is 5.88 Å². The molecule has 0 N–H and O–H groups in total. The van der Waals surface area contributed by atoms with Gasteiger partial charge in [0.1, 0.15) is 36.7 Å². The summed E-state index contributed by atoms with van der Waals surface area (Å²) in [6.07, 6.45) is 0.549. The third-order valence-corrected chi connectivity index (χ3v) is 8.94. The molecule has 2 aliphatic heterocycles. The number of methoxy groups -OCH3 is 1. The van der Waals surface area contributed by atoms with Crippen molar-refractivity contribution in [2.45, 2.75) is 87.9 Å². The minimum atomic E-state index is -0.720. The molecule has 0 aliphatic carbocycles. The van der Waals surface area contributed by atoms with Crippen LogP contribution in [0, 0.1) is 6.92 Å². The van der Waals surface area contributed by atoms with E-state index >= 15 is 0 Å². The van der Waals surface area contributed by atoms with Crippen molar-refractivity contribution in [2.24, 2.45) is 0 Å². The monoisotopic (exact) mass is 590 g/mol. The summed E-state index contributed by atoms with van der Waals surface area (Å²) in [5, 5.41) is 0. The fraction of sp³-hybridized carbons (Fsp3) is 0.469. The molecule has 4 heterocycles. The maximum absolute atomic E-state index is 6.60. The molecule has 6 rings (SSSR count). The number of benzene rings is 2. The lowest BCUT2D eigenvalue weighted by Crippen LogP contribution is -2.34. The highest BCUT2D eigenvalue weighted by Gasteiger charge is 2.55. The molecule has 4 aromatic rings. The van der Waals surface area contributed by atoms with Crippen LogP contribution < -0.4 is 9.47 Å². The molecule has 0 amide bonds. The first kappa shape index (κ1) is 28.9. The number of fused-ring (bicyclic) bond motifs is 2. The van der Waals surface area contributed by atoms with Crippen molar-refractivity contribution in [3.63, 3.8) is 0 Å². The van der Waals surface area contributed by atoms with E-state index in [0.717, 1.165) is 5.56 Å². The molecule has 2 fully saturated rings. The predicted octanol–water partition coefficient (Wildman–Crippen LogP) is 5.91. The molecule has 0 radical (unpaired) electrons. The maximum atomic E-state index is 6.60. The number of hydrogen-bond donors (Lipinski definition) is 0. The number of ether oxygens (including phenoxy) is 5. The first-order valence-corrected chi connectivity index (χ1v) is 15.1. The number of imidazole rings is 1. The molecule has 42 heavy (non-hydrogen) atoms. The minimum absolute atomic E-state index is 0.0473. The highest BCUT2D eigenvalue weighted by atomic mass is 32.2. The van der Waals surface area contributed by atoms with Gasteiger partial charge in [0.15, 0.2) is 17.0 Å². The highest BCUT2D eigenvalue weighted by molar-refractivity contribution is 7.99. The molecule has 2 aromatic carbocycles. The Morgan fingerprint density at radius 2 is 1.79 bits per heavy atom. The van der Waals surface area contributed by atoms with Gasteiger partial charge in [-0.3, -0.25) is 4.57 Å². The molecule has 9 nitrogen and oxygen atoms in total. The van der Waals surface area contributed by atoms with Crippen LogP contribution in [0.2, 0.25) is 0 Å². The Bertz CT molecular complexity index is 1570. The molecule has 4 atom stereocenters. The van der Waals surface area contributed by atoms with Crippen molar-refractivity contribution in [1.82, 2.24) is 19.5 Å². The topological polar surface area (TPSA) is 89.8 Å². The Morgan fingerprint density at radius 1 is 1.02 bits per heavy atom. The summed E-state index contributed by atoms with van der Waals surface area (Å²) in [4.78, 5) is 14.6. The SMILES string of the molecule is COc1ncnc2nc(OCC3OC(Sc4cc(C(C)(C)C)ccc4C)C4OC(C)(C)OC34)n(Cc3ccccc3)c12. The number of rotatable bonds is 8. The van der Waals surface area contributed by atoms with Crippen LogP contribution >= 0.6 is 11.8 Å². The lowest BCUT2D eigenvalue weighted by Gasteiger charge is -2.25.